The minimum atomic E-state index is 0.765. The molecule has 2 saturated heterocycles. The van der Waals surface area contributed by atoms with Gasteiger partial charge in [0.25, 0.3) is 0 Å². The van der Waals surface area contributed by atoms with E-state index in [0.29, 0.717) is 0 Å². The predicted molar refractivity (Wildman–Crippen MR) is 72.2 cm³/mol. The van der Waals surface area contributed by atoms with Gasteiger partial charge >= 0.3 is 0 Å². The van der Waals surface area contributed by atoms with Crippen molar-refractivity contribution in [2.45, 2.75) is 63.6 Å². The van der Waals surface area contributed by atoms with E-state index in [-0.39, 0.29) is 0 Å². The van der Waals surface area contributed by atoms with Crippen molar-refractivity contribution >= 4 is 0 Å². The van der Waals surface area contributed by atoms with Crippen molar-refractivity contribution < 1.29 is 0 Å². The van der Waals surface area contributed by atoms with Crippen LogP contribution in [0.25, 0.3) is 0 Å². The van der Waals surface area contributed by atoms with Crippen LogP contribution in [0.4, 0.5) is 0 Å². The Balaban J connectivity index is 1.66. The van der Waals surface area contributed by atoms with Gasteiger partial charge in [-0.3, -0.25) is 9.80 Å². The number of rotatable bonds is 1. The Morgan fingerprint density at radius 3 is 2.76 bits per heavy atom. The van der Waals surface area contributed by atoms with Crippen LogP contribution < -0.4 is 0 Å². The largest absolute Gasteiger partial charge is 0.298 e. The molecule has 3 rings (SSSR count). The summed E-state index contributed by atoms with van der Waals surface area (Å²) in [5.41, 5.74) is 0. The zero-order valence-corrected chi connectivity index (χ0v) is 11.1. The summed E-state index contributed by atoms with van der Waals surface area (Å²) in [5, 5.41) is 0. The first kappa shape index (κ1) is 11.7. The normalized spacial score (nSPS) is 40.2. The van der Waals surface area contributed by atoms with Crippen molar-refractivity contribution in [2.24, 2.45) is 0 Å². The Morgan fingerprint density at radius 2 is 1.94 bits per heavy atom. The molecule has 2 heterocycles. The van der Waals surface area contributed by atoms with Gasteiger partial charge in [-0.15, -0.1) is 0 Å². The Morgan fingerprint density at radius 1 is 1.00 bits per heavy atom. The van der Waals surface area contributed by atoms with Crippen LogP contribution in [0.15, 0.2) is 12.2 Å². The molecule has 3 unspecified atom stereocenters. The molecule has 0 radical (unpaired) electrons. The summed E-state index contributed by atoms with van der Waals surface area (Å²) < 4.78 is 0. The lowest BCUT2D eigenvalue weighted by Gasteiger charge is -2.50. The monoisotopic (exact) mass is 234 g/mol. The Kier molecular flexibility index (Phi) is 3.53. The third-order valence-corrected chi connectivity index (χ3v) is 4.95. The molecular formula is C15H26N2. The van der Waals surface area contributed by atoms with Crippen LogP contribution in [0.2, 0.25) is 0 Å². The first-order valence-electron chi connectivity index (χ1n) is 7.49. The van der Waals surface area contributed by atoms with Crippen molar-refractivity contribution in [2.75, 3.05) is 19.6 Å². The van der Waals surface area contributed by atoms with E-state index in [1.54, 1.807) is 0 Å². The number of hydrogen-bond donors (Lipinski definition) is 0. The second-order valence-electron chi connectivity index (χ2n) is 6.13. The molecule has 0 amide bonds. The minimum Gasteiger partial charge on any atom is -0.298 e. The summed E-state index contributed by atoms with van der Waals surface area (Å²) >= 11 is 0. The van der Waals surface area contributed by atoms with Gasteiger partial charge in [-0.05, 0) is 45.6 Å². The zero-order valence-electron chi connectivity index (χ0n) is 11.1. The highest BCUT2D eigenvalue weighted by Crippen LogP contribution is 2.28. The van der Waals surface area contributed by atoms with Gasteiger partial charge in [-0.25, -0.2) is 0 Å². The van der Waals surface area contributed by atoms with Crippen molar-refractivity contribution in [3.05, 3.63) is 12.2 Å². The topological polar surface area (TPSA) is 6.48 Å². The van der Waals surface area contributed by atoms with Crippen LogP contribution in [-0.4, -0.2) is 47.6 Å². The summed E-state index contributed by atoms with van der Waals surface area (Å²) in [6.07, 6.45) is 13.0. The summed E-state index contributed by atoms with van der Waals surface area (Å²) in [6, 6.07) is 2.46. The molecule has 1 aliphatic carbocycles. The standard InChI is InChI=1S/C15H26N2/c1-13-11-16-10-6-5-9-15(16)12-17(13)14-7-3-2-4-8-14/h2-3,13-15H,4-12H2,1H3. The lowest BCUT2D eigenvalue weighted by molar-refractivity contribution is -0.00965. The fourth-order valence-electron chi connectivity index (χ4n) is 3.96. The van der Waals surface area contributed by atoms with Gasteiger partial charge in [0.05, 0.1) is 0 Å². The van der Waals surface area contributed by atoms with E-state index in [1.165, 1.54) is 58.2 Å². The smallest absolute Gasteiger partial charge is 0.0224 e. The summed E-state index contributed by atoms with van der Waals surface area (Å²) in [7, 11) is 0. The second-order valence-corrected chi connectivity index (χ2v) is 6.13. The van der Waals surface area contributed by atoms with Crippen LogP contribution in [0.3, 0.4) is 0 Å². The maximum atomic E-state index is 2.82. The third-order valence-electron chi connectivity index (χ3n) is 4.95. The Bertz CT molecular complexity index is 287. The SMILES string of the molecule is CC1CN2CCCCC2CN1C1CC=CCC1. The fraction of sp³-hybridized carbons (Fsp3) is 0.867. The molecule has 0 saturated carbocycles. The molecule has 17 heavy (non-hydrogen) atoms. The van der Waals surface area contributed by atoms with Gasteiger partial charge in [0.15, 0.2) is 0 Å². The highest BCUT2D eigenvalue weighted by Gasteiger charge is 2.35. The molecule has 0 aromatic rings. The minimum absolute atomic E-state index is 0.765. The molecule has 2 fully saturated rings. The number of fused-ring (bicyclic) bond motifs is 1. The highest BCUT2D eigenvalue weighted by atomic mass is 15.3. The number of piperazine rings is 1. The maximum absolute atomic E-state index is 2.82. The van der Waals surface area contributed by atoms with E-state index in [9.17, 15) is 0 Å². The average Bonchev–Trinajstić information content (AvgIpc) is 2.39. The molecule has 0 spiro atoms. The van der Waals surface area contributed by atoms with Crippen LogP contribution in [0, 0.1) is 0 Å². The summed E-state index contributed by atoms with van der Waals surface area (Å²) in [6.45, 7) is 6.43. The van der Waals surface area contributed by atoms with E-state index in [1.807, 2.05) is 0 Å². The van der Waals surface area contributed by atoms with Crippen molar-refractivity contribution in [3.8, 4) is 0 Å². The van der Waals surface area contributed by atoms with Gasteiger partial charge in [0.1, 0.15) is 0 Å². The maximum Gasteiger partial charge on any atom is 0.0224 e. The number of nitrogens with zero attached hydrogens (tertiary/aromatic N) is 2. The Hall–Kier alpha value is -0.340. The first-order chi connectivity index (χ1) is 8.34. The molecule has 3 aliphatic rings. The predicted octanol–water partition coefficient (Wildman–Crippen LogP) is 2.65. The van der Waals surface area contributed by atoms with E-state index in [4.69, 9.17) is 0 Å². The molecule has 0 aromatic heterocycles. The van der Waals surface area contributed by atoms with Gasteiger partial charge < -0.3 is 0 Å². The number of piperidine rings is 1. The van der Waals surface area contributed by atoms with Crippen LogP contribution in [0.1, 0.15) is 45.4 Å². The van der Waals surface area contributed by atoms with E-state index in [0.717, 1.165) is 18.1 Å². The molecule has 0 aromatic carbocycles. The molecule has 2 aliphatic heterocycles. The average molecular weight is 234 g/mol. The molecular weight excluding hydrogens is 208 g/mol. The molecule has 3 atom stereocenters. The lowest BCUT2D eigenvalue weighted by Crippen LogP contribution is -2.61. The first-order valence-corrected chi connectivity index (χ1v) is 7.49. The highest BCUT2D eigenvalue weighted by molar-refractivity contribution is 4.98. The fourth-order valence-corrected chi connectivity index (χ4v) is 3.96. The van der Waals surface area contributed by atoms with E-state index in [2.05, 4.69) is 28.9 Å². The molecule has 96 valence electrons. The van der Waals surface area contributed by atoms with E-state index >= 15 is 0 Å². The van der Waals surface area contributed by atoms with Crippen molar-refractivity contribution in [3.63, 3.8) is 0 Å². The summed E-state index contributed by atoms with van der Waals surface area (Å²) in [5.74, 6) is 0. The van der Waals surface area contributed by atoms with Crippen molar-refractivity contribution in [1.82, 2.24) is 9.80 Å². The van der Waals surface area contributed by atoms with Crippen LogP contribution >= 0.6 is 0 Å². The molecule has 2 nitrogen and oxygen atoms in total. The third kappa shape index (κ3) is 2.43. The Labute approximate surface area is 106 Å². The molecule has 0 bridgehead atoms. The molecule has 2 heteroatoms. The van der Waals surface area contributed by atoms with Gasteiger partial charge in [0, 0.05) is 31.2 Å². The lowest BCUT2D eigenvalue weighted by atomic mass is 9.92. The van der Waals surface area contributed by atoms with Crippen LogP contribution in [-0.2, 0) is 0 Å². The van der Waals surface area contributed by atoms with Crippen molar-refractivity contribution in [1.29, 1.82) is 0 Å². The number of allylic oxidation sites excluding steroid dienone is 1. The van der Waals surface area contributed by atoms with Crippen LogP contribution in [0.5, 0.6) is 0 Å². The number of hydrogen-bond acceptors (Lipinski definition) is 2. The zero-order chi connectivity index (χ0) is 11.7. The van der Waals surface area contributed by atoms with E-state index < -0.39 is 0 Å². The van der Waals surface area contributed by atoms with Gasteiger partial charge in [-0.1, -0.05) is 18.6 Å². The van der Waals surface area contributed by atoms with Gasteiger partial charge in [0.2, 0.25) is 0 Å². The second kappa shape index (κ2) is 5.11. The quantitative estimate of drug-likeness (QED) is 0.644. The molecule has 0 N–H and O–H groups in total. The van der Waals surface area contributed by atoms with Gasteiger partial charge in [-0.2, -0.15) is 0 Å². The summed E-state index contributed by atoms with van der Waals surface area (Å²) in [4.78, 5) is 5.57.